The van der Waals surface area contributed by atoms with Gasteiger partial charge in [-0.15, -0.1) is 0 Å². The lowest BCUT2D eigenvalue weighted by Crippen LogP contribution is -2.49. The molecule has 1 aliphatic heterocycles. The van der Waals surface area contributed by atoms with E-state index < -0.39 is 0 Å². The number of para-hydroxylation sites is 2. The summed E-state index contributed by atoms with van der Waals surface area (Å²) in [6.45, 7) is 5.71. The van der Waals surface area contributed by atoms with Crippen LogP contribution in [0.1, 0.15) is 12.5 Å². The smallest absolute Gasteiger partial charge is 0.227 e. The van der Waals surface area contributed by atoms with E-state index in [1.165, 1.54) is 0 Å². The van der Waals surface area contributed by atoms with Crippen molar-refractivity contribution in [3.63, 3.8) is 0 Å². The van der Waals surface area contributed by atoms with Crippen molar-refractivity contribution in [2.45, 2.75) is 13.3 Å². The SMILES string of the molecule is CCOc1ccccc1N1CCN(C(=O)Cc2cccc(N)c2)CC1. The number of piperazine rings is 1. The number of amides is 1. The first-order valence-corrected chi connectivity index (χ1v) is 8.76. The van der Waals surface area contributed by atoms with Gasteiger partial charge in [0, 0.05) is 31.9 Å². The Labute approximate surface area is 149 Å². The topological polar surface area (TPSA) is 58.8 Å². The quantitative estimate of drug-likeness (QED) is 0.851. The van der Waals surface area contributed by atoms with Crippen LogP contribution in [0.4, 0.5) is 11.4 Å². The van der Waals surface area contributed by atoms with Crippen LogP contribution in [0.3, 0.4) is 0 Å². The lowest BCUT2D eigenvalue weighted by Gasteiger charge is -2.36. The molecular weight excluding hydrogens is 314 g/mol. The van der Waals surface area contributed by atoms with Crippen molar-refractivity contribution in [2.75, 3.05) is 43.4 Å². The highest BCUT2D eigenvalue weighted by molar-refractivity contribution is 5.79. The first kappa shape index (κ1) is 17.1. The average Bonchev–Trinajstić information content (AvgIpc) is 2.63. The molecule has 2 aromatic carbocycles. The molecule has 1 aliphatic rings. The number of rotatable bonds is 5. The summed E-state index contributed by atoms with van der Waals surface area (Å²) in [5, 5.41) is 0. The summed E-state index contributed by atoms with van der Waals surface area (Å²) in [7, 11) is 0. The number of benzene rings is 2. The number of ether oxygens (including phenoxy) is 1. The minimum Gasteiger partial charge on any atom is -0.492 e. The van der Waals surface area contributed by atoms with E-state index in [2.05, 4.69) is 11.0 Å². The standard InChI is InChI=1S/C20H25N3O2/c1-2-25-19-9-4-3-8-18(19)22-10-12-23(13-11-22)20(24)15-16-6-5-7-17(21)14-16/h3-9,14H,2,10-13,15,21H2,1H3. The predicted molar refractivity (Wildman–Crippen MR) is 101 cm³/mol. The fourth-order valence-corrected chi connectivity index (χ4v) is 3.18. The molecule has 2 N–H and O–H groups in total. The average molecular weight is 339 g/mol. The van der Waals surface area contributed by atoms with Gasteiger partial charge in [0.1, 0.15) is 5.75 Å². The highest BCUT2D eigenvalue weighted by atomic mass is 16.5. The number of hydrogen-bond donors (Lipinski definition) is 1. The maximum Gasteiger partial charge on any atom is 0.227 e. The monoisotopic (exact) mass is 339 g/mol. The molecule has 0 aliphatic carbocycles. The summed E-state index contributed by atoms with van der Waals surface area (Å²) >= 11 is 0. The highest BCUT2D eigenvalue weighted by Gasteiger charge is 2.22. The third kappa shape index (κ3) is 4.24. The molecular formula is C20H25N3O2. The fourth-order valence-electron chi connectivity index (χ4n) is 3.18. The Morgan fingerprint density at radius 1 is 1.08 bits per heavy atom. The molecule has 5 nitrogen and oxygen atoms in total. The van der Waals surface area contributed by atoms with E-state index in [1.807, 2.05) is 54.3 Å². The van der Waals surface area contributed by atoms with Gasteiger partial charge in [0.2, 0.25) is 5.91 Å². The number of nitrogens with zero attached hydrogens (tertiary/aromatic N) is 2. The predicted octanol–water partition coefficient (Wildman–Crippen LogP) is 2.56. The normalized spacial score (nSPS) is 14.4. The zero-order valence-electron chi connectivity index (χ0n) is 14.6. The summed E-state index contributed by atoms with van der Waals surface area (Å²) in [4.78, 5) is 16.8. The number of anilines is 2. The molecule has 0 saturated carbocycles. The van der Waals surface area contributed by atoms with Crippen LogP contribution in [-0.4, -0.2) is 43.6 Å². The van der Waals surface area contributed by atoms with Crippen molar-refractivity contribution in [2.24, 2.45) is 0 Å². The van der Waals surface area contributed by atoms with E-state index in [0.717, 1.165) is 43.2 Å². The second-order valence-electron chi connectivity index (χ2n) is 6.19. The van der Waals surface area contributed by atoms with E-state index in [9.17, 15) is 4.79 Å². The second-order valence-corrected chi connectivity index (χ2v) is 6.19. The maximum absolute atomic E-state index is 12.5. The van der Waals surface area contributed by atoms with Gasteiger partial charge < -0.3 is 20.3 Å². The molecule has 0 atom stereocenters. The van der Waals surface area contributed by atoms with E-state index in [1.54, 1.807) is 0 Å². The fraction of sp³-hybridized carbons (Fsp3) is 0.350. The largest absolute Gasteiger partial charge is 0.492 e. The van der Waals surface area contributed by atoms with Gasteiger partial charge in [-0.3, -0.25) is 4.79 Å². The van der Waals surface area contributed by atoms with E-state index >= 15 is 0 Å². The van der Waals surface area contributed by atoms with Crippen LogP contribution in [0.5, 0.6) is 5.75 Å². The second kappa shape index (κ2) is 7.92. The van der Waals surface area contributed by atoms with Gasteiger partial charge in [0.05, 0.1) is 18.7 Å². The third-order valence-corrected chi connectivity index (χ3v) is 4.44. The molecule has 1 saturated heterocycles. The number of hydrogen-bond acceptors (Lipinski definition) is 4. The molecule has 0 unspecified atom stereocenters. The Morgan fingerprint density at radius 2 is 1.84 bits per heavy atom. The molecule has 1 heterocycles. The van der Waals surface area contributed by atoms with Gasteiger partial charge in [0.15, 0.2) is 0 Å². The van der Waals surface area contributed by atoms with Gasteiger partial charge in [-0.2, -0.15) is 0 Å². The molecule has 1 amide bonds. The summed E-state index contributed by atoms with van der Waals surface area (Å²) in [5.74, 6) is 1.06. The molecule has 3 rings (SSSR count). The number of carbonyl (C=O) groups is 1. The van der Waals surface area contributed by atoms with Crippen molar-refractivity contribution in [3.05, 3.63) is 54.1 Å². The summed E-state index contributed by atoms with van der Waals surface area (Å²) in [5.41, 5.74) is 8.56. The summed E-state index contributed by atoms with van der Waals surface area (Å²) < 4.78 is 5.72. The van der Waals surface area contributed by atoms with Crippen LogP contribution in [0.25, 0.3) is 0 Å². The van der Waals surface area contributed by atoms with Crippen LogP contribution in [0.2, 0.25) is 0 Å². The highest BCUT2D eigenvalue weighted by Crippen LogP contribution is 2.28. The Morgan fingerprint density at radius 3 is 2.56 bits per heavy atom. The van der Waals surface area contributed by atoms with Gasteiger partial charge in [-0.1, -0.05) is 24.3 Å². The van der Waals surface area contributed by atoms with Crippen molar-refractivity contribution in [1.82, 2.24) is 4.90 Å². The van der Waals surface area contributed by atoms with Crippen molar-refractivity contribution < 1.29 is 9.53 Å². The van der Waals surface area contributed by atoms with Crippen LogP contribution in [0, 0.1) is 0 Å². The van der Waals surface area contributed by atoms with E-state index in [0.29, 0.717) is 18.7 Å². The maximum atomic E-state index is 12.5. The van der Waals surface area contributed by atoms with Crippen molar-refractivity contribution in [1.29, 1.82) is 0 Å². The number of nitrogens with two attached hydrogens (primary N) is 1. The lowest BCUT2D eigenvalue weighted by molar-refractivity contribution is -0.130. The Kier molecular flexibility index (Phi) is 5.43. The zero-order valence-corrected chi connectivity index (χ0v) is 14.6. The molecule has 1 fully saturated rings. The summed E-state index contributed by atoms with van der Waals surface area (Å²) in [6.07, 6.45) is 0.403. The van der Waals surface area contributed by atoms with Gasteiger partial charge in [0.25, 0.3) is 0 Å². The molecule has 0 bridgehead atoms. The van der Waals surface area contributed by atoms with Crippen molar-refractivity contribution >= 4 is 17.3 Å². The van der Waals surface area contributed by atoms with Crippen LogP contribution < -0.4 is 15.4 Å². The first-order valence-electron chi connectivity index (χ1n) is 8.76. The zero-order chi connectivity index (χ0) is 17.6. The lowest BCUT2D eigenvalue weighted by atomic mass is 10.1. The Bertz CT molecular complexity index is 724. The Balaban J connectivity index is 1.59. The molecule has 0 aromatic heterocycles. The molecule has 2 aromatic rings. The minimum absolute atomic E-state index is 0.156. The van der Waals surface area contributed by atoms with Gasteiger partial charge >= 0.3 is 0 Å². The first-order chi connectivity index (χ1) is 12.2. The number of carbonyl (C=O) groups excluding carboxylic acids is 1. The third-order valence-electron chi connectivity index (χ3n) is 4.44. The molecule has 0 radical (unpaired) electrons. The number of nitrogen functional groups attached to an aromatic ring is 1. The van der Waals surface area contributed by atoms with Crippen LogP contribution in [0.15, 0.2) is 48.5 Å². The van der Waals surface area contributed by atoms with Crippen LogP contribution >= 0.6 is 0 Å². The minimum atomic E-state index is 0.156. The van der Waals surface area contributed by atoms with Crippen LogP contribution in [-0.2, 0) is 11.2 Å². The van der Waals surface area contributed by atoms with Crippen molar-refractivity contribution in [3.8, 4) is 5.75 Å². The van der Waals surface area contributed by atoms with Gasteiger partial charge in [-0.25, -0.2) is 0 Å². The van der Waals surface area contributed by atoms with E-state index in [4.69, 9.17) is 10.5 Å². The van der Waals surface area contributed by atoms with Gasteiger partial charge in [-0.05, 0) is 36.8 Å². The molecule has 5 heteroatoms. The summed E-state index contributed by atoms with van der Waals surface area (Å²) in [6, 6.07) is 15.6. The molecule has 0 spiro atoms. The van der Waals surface area contributed by atoms with E-state index in [-0.39, 0.29) is 5.91 Å². The molecule has 132 valence electrons. The molecule has 25 heavy (non-hydrogen) atoms. The Hall–Kier alpha value is -2.69.